The fourth-order valence-electron chi connectivity index (χ4n) is 4.18. The predicted molar refractivity (Wildman–Crippen MR) is 122 cm³/mol. The number of nitrogens with zero attached hydrogens (tertiary/aromatic N) is 6. The molecule has 1 fully saturated rings. The summed E-state index contributed by atoms with van der Waals surface area (Å²) in [5, 5.41) is 12.9. The number of anilines is 1. The van der Waals surface area contributed by atoms with E-state index in [1.807, 2.05) is 28.9 Å². The third kappa shape index (κ3) is 4.32. The second-order valence-corrected chi connectivity index (χ2v) is 8.77. The number of para-hydroxylation sites is 1. The van der Waals surface area contributed by atoms with Crippen LogP contribution < -0.4 is 9.64 Å². The summed E-state index contributed by atoms with van der Waals surface area (Å²) in [6, 6.07) is 14.9. The van der Waals surface area contributed by atoms with E-state index in [2.05, 4.69) is 58.2 Å². The number of hydrogen-bond donors (Lipinski definition) is 0. The van der Waals surface area contributed by atoms with Crippen LogP contribution in [0.25, 0.3) is 0 Å². The molecule has 1 aliphatic rings. The van der Waals surface area contributed by atoms with Crippen LogP contribution >= 0.6 is 0 Å². The molecule has 1 aliphatic heterocycles. The summed E-state index contributed by atoms with van der Waals surface area (Å²) < 4.78 is 21.6. The molecular formula is C24H31FN6O. The number of halogens is 1. The lowest BCUT2D eigenvalue weighted by Crippen LogP contribution is -2.49. The van der Waals surface area contributed by atoms with E-state index in [1.54, 1.807) is 13.2 Å². The van der Waals surface area contributed by atoms with E-state index in [0.29, 0.717) is 5.69 Å². The molecule has 0 spiro atoms. The lowest BCUT2D eigenvalue weighted by molar-refractivity contribution is 0.187. The summed E-state index contributed by atoms with van der Waals surface area (Å²) in [5.74, 6) is 1.45. The van der Waals surface area contributed by atoms with Gasteiger partial charge in [-0.1, -0.05) is 31.2 Å². The van der Waals surface area contributed by atoms with Crippen molar-refractivity contribution < 1.29 is 9.13 Å². The maximum atomic E-state index is 14.3. The molecule has 4 rings (SSSR count). The number of piperazine rings is 1. The third-order valence-corrected chi connectivity index (χ3v) is 6.48. The van der Waals surface area contributed by atoms with Crippen molar-refractivity contribution in [3.05, 3.63) is 65.7 Å². The Labute approximate surface area is 188 Å². The molecule has 0 radical (unpaired) electrons. The van der Waals surface area contributed by atoms with Gasteiger partial charge in [-0.05, 0) is 60.5 Å². The molecule has 7 nitrogen and oxygen atoms in total. The summed E-state index contributed by atoms with van der Waals surface area (Å²) in [6.07, 6.45) is 0.904. The highest BCUT2D eigenvalue weighted by atomic mass is 19.1. The van der Waals surface area contributed by atoms with Crippen molar-refractivity contribution in [2.24, 2.45) is 0 Å². The van der Waals surface area contributed by atoms with Crippen molar-refractivity contribution in [3.8, 4) is 5.75 Å². The molecule has 32 heavy (non-hydrogen) atoms. The van der Waals surface area contributed by atoms with Gasteiger partial charge in [0.25, 0.3) is 0 Å². The van der Waals surface area contributed by atoms with E-state index in [1.165, 1.54) is 6.07 Å². The Balaban J connectivity index is 1.65. The summed E-state index contributed by atoms with van der Waals surface area (Å²) >= 11 is 0. The minimum Gasteiger partial charge on any atom is -0.497 e. The second-order valence-electron chi connectivity index (χ2n) is 8.77. The first-order valence-corrected chi connectivity index (χ1v) is 11.1. The van der Waals surface area contributed by atoms with Gasteiger partial charge in [0.2, 0.25) is 0 Å². The summed E-state index contributed by atoms with van der Waals surface area (Å²) in [7, 11) is 1.67. The highest BCUT2D eigenvalue weighted by Crippen LogP contribution is 2.33. The zero-order valence-corrected chi connectivity index (χ0v) is 19.2. The second kappa shape index (κ2) is 9.24. The molecule has 1 unspecified atom stereocenters. The molecule has 2 heterocycles. The molecule has 1 atom stereocenters. The Hall–Kier alpha value is -3.00. The monoisotopic (exact) mass is 438 g/mol. The van der Waals surface area contributed by atoms with E-state index in [0.717, 1.165) is 49.7 Å². The largest absolute Gasteiger partial charge is 0.497 e. The van der Waals surface area contributed by atoms with Crippen LogP contribution in [0.1, 0.15) is 44.6 Å². The first kappa shape index (κ1) is 22.2. The maximum Gasteiger partial charge on any atom is 0.173 e. The first-order chi connectivity index (χ1) is 15.4. The van der Waals surface area contributed by atoms with Crippen LogP contribution in [0.3, 0.4) is 0 Å². The minimum absolute atomic E-state index is 0.107. The quantitative estimate of drug-likeness (QED) is 0.558. The molecule has 0 bridgehead atoms. The topological polar surface area (TPSA) is 59.3 Å². The Morgan fingerprint density at radius 1 is 1.03 bits per heavy atom. The molecule has 8 heteroatoms. The highest BCUT2D eigenvalue weighted by Gasteiger charge is 2.34. The van der Waals surface area contributed by atoms with Gasteiger partial charge in [-0.15, -0.1) is 5.10 Å². The Morgan fingerprint density at radius 3 is 2.34 bits per heavy atom. The zero-order chi connectivity index (χ0) is 22.7. The molecule has 0 amide bonds. The molecule has 0 saturated carbocycles. The molecule has 2 aromatic carbocycles. The van der Waals surface area contributed by atoms with Crippen molar-refractivity contribution >= 4 is 5.69 Å². The Morgan fingerprint density at radius 2 is 1.72 bits per heavy atom. The van der Waals surface area contributed by atoms with Crippen molar-refractivity contribution in [1.29, 1.82) is 0 Å². The van der Waals surface area contributed by atoms with Gasteiger partial charge < -0.3 is 9.64 Å². The van der Waals surface area contributed by atoms with Gasteiger partial charge in [0, 0.05) is 26.2 Å². The van der Waals surface area contributed by atoms with Gasteiger partial charge in [0.05, 0.1) is 24.4 Å². The van der Waals surface area contributed by atoms with Crippen LogP contribution in [-0.2, 0) is 5.54 Å². The van der Waals surface area contributed by atoms with E-state index in [9.17, 15) is 4.39 Å². The fourth-order valence-corrected chi connectivity index (χ4v) is 4.18. The van der Waals surface area contributed by atoms with E-state index < -0.39 is 0 Å². The van der Waals surface area contributed by atoms with Gasteiger partial charge in [0.15, 0.2) is 5.82 Å². The smallest absolute Gasteiger partial charge is 0.173 e. The number of methoxy groups -OCH3 is 1. The van der Waals surface area contributed by atoms with Crippen molar-refractivity contribution in [2.75, 3.05) is 38.2 Å². The van der Waals surface area contributed by atoms with Crippen LogP contribution in [0, 0.1) is 5.82 Å². The van der Waals surface area contributed by atoms with Gasteiger partial charge in [0.1, 0.15) is 11.6 Å². The molecule has 0 aliphatic carbocycles. The summed E-state index contributed by atoms with van der Waals surface area (Å²) in [4.78, 5) is 4.49. The average Bonchev–Trinajstić information content (AvgIpc) is 3.31. The normalized spacial score (nSPS) is 16.2. The summed E-state index contributed by atoms with van der Waals surface area (Å²) in [6.45, 7) is 9.43. The number of benzene rings is 2. The number of ether oxygens (including phenoxy) is 1. The average molecular weight is 439 g/mol. The lowest BCUT2D eigenvalue weighted by atomic mass is 9.99. The first-order valence-electron chi connectivity index (χ1n) is 11.1. The van der Waals surface area contributed by atoms with E-state index in [4.69, 9.17) is 4.74 Å². The van der Waals surface area contributed by atoms with Crippen LogP contribution in [0.2, 0.25) is 0 Å². The van der Waals surface area contributed by atoms with E-state index in [-0.39, 0.29) is 17.4 Å². The maximum absolute atomic E-state index is 14.3. The molecule has 170 valence electrons. The Kier molecular flexibility index (Phi) is 6.41. The molecule has 1 aromatic heterocycles. The number of aromatic nitrogens is 4. The zero-order valence-electron chi connectivity index (χ0n) is 19.2. The van der Waals surface area contributed by atoms with Crippen molar-refractivity contribution in [2.45, 2.75) is 38.8 Å². The molecular weight excluding hydrogens is 407 g/mol. The predicted octanol–water partition coefficient (Wildman–Crippen LogP) is 3.88. The minimum atomic E-state index is -0.210. The van der Waals surface area contributed by atoms with Crippen LogP contribution in [0.15, 0.2) is 48.5 Å². The van der Waals surface area contributed by atoms with Gasteiger partial charge in [-0.2, -0.15) is 0 Å². The summed E-state index contributed by atoms with van der Waals surface area (Å²) in [5.41, 5.74) is 1.55. The number of rotatable bonds is 7. The standard InChI is InChI=1S/C24H31FN6O/c1-5-24(2,3)31-23(26-27-28-31)22(18-10-12-19(32-4)13-11-18)30-16-14-29(15-17-30)21-9-7-6-8-20(21)25/h6-13,22H,5,14-17H2,1-4H3. The van der Waals surface area contributed by atoms with Gasteiger partial charge in [-0.3, -0.25) is 4.90 Å². The molecule has 0 N–H and O–H groups in total. The fraction of sp³-hybridized carbons (Fsp3) is 0.458. The lowest BCUT2D eigenvalue weighted by Gasteiger charge is -2.40. The van der Waals surface area contributed by atoms with Crippen LogP contribution in [0.5, 0.6) is 5.75 Å². The van der Waals surface area contributed by atoms with Crippen LogP contribution in [0.4, 0.5) is 10.1 Å². The number of tetrazole rings is 1. The highest BCUT2D eigenvalue weighted by molar-refractivity contribution is 5.48. The SMILES string of the molecule is CCC(C)(C)n1nnnc1C(c1ccc(OC)cc1)N1CCN(c2ccccc2F)CC1. The van der Waals surface area contributed by atoms with Crippen LogP contribution in [-0.4, -0.2) is 58.4 Å². The van der Waals surface area contributed by atoms with E-state index >= 15 is 0 Å². The Bertz CT molecular complexity index is 1030. The number of hydrogen-bond acceptors (Lipinski definition) is 6. The van der Waals surface area contributed by atoms with Crippen molar-refractivity contribution in [1.82, 2.24) is 25.1 Å². The van der Waals surface area contributed by atoms with Crippen molar-refractivity contribution in [3.63, 3.8) is 0 Å². The van der Waals surface area contributed by atoms with Gasteiger partial charge >= 0.3 is 0 Å². The third-order valence-electron chi connectivity index (χ3n) is 6.48. The van der Waals surface area contributed by atoms with Gasteiger partial charge in [-0.25, -0.2) is 9.07 Å². The molecule has 3 aromatic rings. The molecule has 1 saturated heterocycles.